The van der Waals surface area contributed by atoms with Gasteiger partial charge in [0.2, 0.25) is 5.91 Å². The quantitative estimate of drug-likeness (QED) is 0.498. The monoisotopic (exact) mass is 620 g/mol. The fourth-order valence-electron chi connectivity index (χ4n) is 10.7. The SMILES string of the molecule is COC1CCC2C(C1)N(C)C1C2C2(CCN(C(=O)C3CCC4OCOC4C3)CC2)CN(C(=O)NC2CCC(F)CC2)[C@H]1CO. The molecule has 0 aromatic carbocycles. The van der Waals surface area contributed by atoms with E-state index in [-0.39, 0.29) is 66.3 Å². The molecule has 1 spiro atoms. The highest BCUT2D eigenvalue weighted by atomic mass is 19.1. The van der Waals surface area contributed by atoms with Crippen molar-refractivity contribution in [3.8, 4) is 0 Å². The number of likely N-dealkylation sites (N-methyl/N-ethyl adjacent to an activating group) is 1. The molecule has 9 atom stereocenters. The lowest BCUT2D eigenvalue weighted by molar-refractivity contribution is -0.144. The van der Waals surface area contributed by atoms with Crippen LogP contribution in [0.5, 0.6) is 0 Å². The maximum atomic E-state index is 14.0. The highest BCUT2D eigenvalue weighted by Crippen LogP contribution is 2.58. The summed E-state index contributed by atoms with van der Waals surface area (Å²) in [6.07, 6.45) is 9.17. The minimum atomic E-state index is -0.777. The Balaban J connectivity index is 1.12. The van der Waals surface area contributed by atoms with Crippen molar-refractivity contribution in [3.63, 3.8) is 0 Å². The maximum Gasteiger partial charge on any atom is 0.318 e. The van der Waals surface area contributed by atoms with E-state index in [1.807, 2.05) is 4.90 Å². The first-order valence-electron chi connectivity index (χ1n) is 17.4. The molecule has 3 amide bonds. The molecular formula is C33H53FN4O6. The minimum Gasteiger partial charge on any atom is -0.394 e. The molecule has 7 fully saturated rings. The van der Waals surface area contributed by atoms with E-state index in [4.69, 9.17) is 14.2 Å². The van der Waals surface area contributed by atoms with Crippen LogP contribution in [0.4, 0.5) is 9.18 Å². The number of amides is 3. The van der Waals surface area contributed by atoms with Crippen molar-refractivity contribution in [2.75, 3.05) is 47.2 Å². The van der Waals surface area contributed by atoms with Gasteiger partial charge in [-0.15, -0.1) is 0 Å². The van der Waals surface area contributed by atoms with Gasteiger partial charge in [0.15, 0.2) is 0 Å². The topological polar surface area (TPSA) is 104 Å². The van der Waals surface area contributed by atoms with Gasteiger partial charge in [0, 0.05) is 50.8 Å². The molecule has 8 unspecified atom stereocenters. The summed E-state index contributed by atoms with van der Waals surface area (Å²) < 4.78 is 31.1. The number of rotatable bonds is 4. The van der Waals surface area contributed by atoms with Crippen LogP contribution in [0, 0.1) is 23.2 Å². The molecule has 44 heavy (non-hydrogen) atoms. The number of nitrogens with zero attached hydrogens (tertiary/aromatic N) is 3. The van der Waals surface area contributed by atoms with Crippen molar-refractivity contribution in [1.82, 2.24) is 20.0 Å². The van der Waals surface area contributed by atoms with Crippen molar-refractivity contribution in [1.29, 1.82) is 0 Å². The number of likely N-dealkylation sites (tertiary alicyclic amines) is 3. The summed E-state index contributed by atoms with van der Waals surface area (Å²) in [5.74, 6) is 1.05. The molecule has 248 valence electrons. The second-order valence-corrected chi connectivity index (χ2v) is 15.1. The summed E-state index contributed by atoms with van der Waals surface area (Å²) in [5, 5.41) is 14.1. The number of aliphatic hydroxyl groups is 1. The van der Waals surface area contributed by atoms with E-state index in [0.717, 1.165) is 51.4 Å². The van der Waals surface area contributed by atoms with Crippen LogP contribution >= 0.6 is 0 Å². The Morgan fingerprint density at radius 2 is 1.75 bits per heavy atom. The number of nitrogens with one attached hydrogen (secondary N) is 1. The van der Waals surface area contributed by atoms with Crippen LogP contribution < -0.4 is 5.32 Å². The number of urea groups is 1. The Hall–Kier alpha value is -1.53. The Labute approximate surface area is 261 Å². The lowest BCUT2D eigenvalue weighted by Gasteiger charge is -2.58. The minimum absolute atomic E-state index is 0.0159. The summed E-state index contributed by atoms with van der Waals surface area (Å²) in [5.41, 5.74) is -0.130. The Morgan fingerprint density at radius 1 is 1.00 bits per heavy atom. The third kappa shape index (κ3) is 5.46. The zero-order chi connectivity index (χ0) is 30.6. The molecule has 0 radical (unpaired) electrons. The number of halogens is 1. The van der Waals surface area contributed by atoms with E-state index >= 15 is 0 Å². The molecule has 0 aromatic rings. The Kier molecular flexibility index (Phi) is 8.89. The average molecular weight is 621 g/mol. The first-order chi connectivity index (χ1) is 21.3. The molecule has 0 aromatic heterocycles. The van der Waals surface area contributed by atoms with Gasteiger partial charge in [-0.1, -0.05) is 0 Å². The van der Waals surface area contributed by atoms with Crippen LogP contribution in [0.15, 0.2) is 0 Å². The van der Waals surface area contributed by atoms with Gasteiger partial charge < -0.3 is 34.4 Å². The van der Waals surface area contributed by atoms with Gasteiger partial charge in [0.1, 0.15) is 13.0 Å². The standard InChI is InChI=1S/C33H53FN4O6/c1-36-25-16-23(42-2)8-9-24(25)29-30(36)26(17-39)38(32(41)35-22-6-4-21(34)5-7-22)18-33(29)11-13-37(14-12-33)31(40)20-3-10-27-28(15-20)44-19-43-27/h20-30,39H,3-19H2,1-2H3,(H,35,41)/t20?,21?,22?,23?,24?,25?,26-,27?,28?,29?,30?/m0/s1. The second-order valence-electron chi connectivity index (χ2n) is 15.1. The van der Waals surface area contributed by atoms with E-state index in [1.54, 1.807) is 7.11 Å². The summed E-state index contributed by atoms with van der Waals surface area (Å²) in [7, 11) is 3.99. The highest BCUT2D eigenvalue weighted by Gasteiger charge is 2.64. The van der Waals surface area contributed by atoms with Crippen molar-refractivity contribution >= 4 is 11.9 Å². The van der Waals surface area contributed by atoms with Gasteiger partial charge >= 0.3 is 6.03 Å². The number of hydrogen-bond donors (Lipinski definition) is 2. The van der Waals surface area contributed by atoms with E-state index in [1.165, 1.54) is 0 Å². The molecule has 7 rings (SSSR count). The summed E-state index contributed by atoms with van der Waals surface area (Å²) in [4.78, 5) is 34.3. The number of carbonyl (C=O) groups is 2. The van der Waals surface area contributed by atoms with Crippen molar-refractivity contribution in [2.45, 2.75) is 126 Å². The first kappa shape index (κ1) is 31.1. The van der Waals surface area contributed by atoms with E-state index < -0.39 is 6.17 Å². The number of alkyl halides is 1. The first-order valence-corrected chi connectivity index (χ1v) is 17.4. The van der Waals surface area contributed by atoms with E-state index in [9.17, 15) is 19.1 Å². The highest BCUT2D eigenvalue weighted by molar-refractivity contribution is 5.79. The zero-order valence-electron chi connectivity index (χ0n) is 26.6. The largest absolute Gasteiger partial charge is 0.394 e. The number of methoxy groups -OCH3 is 1. The number of carbonyl (C=O) groups excluding carboxylic acids is 2. The maximum absolute atomic E-state index is 14.0. The van der Waals surface area contributed by atoms with E-state index in [2.05, 4.69) is 22.2 Å². The van der Waals surface area contributed by atoms with Crippen LogP contribution in [0.1, 0.15) is 77.0 Å². The number of hydrogen-bond acceptors (Lipinski definition) is 7. The molecule has 10 nitrogen and oxygen atoms in total. The lowest BCUT2D eigenvalue weighted by atomic mass is 9.57. The number of piperidine rings is 2. The number of aliphatic hydroxyl groups excluding tert-OH is 1. The predicted molar refractivity (Wildman–Crippen MR) is 160 cm³/mol. The molecule has 3 aliphatic carbocycles. The lowest BCUT2D eigenvalue weighted by Crippen LogP contribution is -2.69. The normalized spacial score (nSPS) is 43.8. The van der Waals surface area contributed by atoms with Gasteiger partial charge in [0.25, 0.3) is 0 Å². The van der Waals surface area contributed by atoms with Crippen LogP contribution in [-0.4, -0.2) is 128 Å². The molecule has 4 aliphatic heterocycles. The third-order valence-corrected chi connectivity index (χ3v) is 13.1. The van der Waals surface area contributed by atoms with Crippen molar-refractivity contribution in [2.24, 2.45) is 23.2 Å². The summed E-state index contributed by atoms with van der Waals surface area (Å²) in [6, 6.07) is -0.0678. The smallest absolute Gasteiger partial charge is 0.318 e. The van der Waals surface area contributed by atoms with Crippen molar-refractivity contribution < 1.29 is 33.3 Å². The van der Waals surface area contributed by atoms with E-state index in [0.29, 0.717) is 70.0 Å². The molecule has 3 saturated carbocycles. The second kappa shape index (κ2) is 12.6. The van der Waals surface area contributed by atoms with Gasteiger partial charge in [0.05, 0.1) is 31.0 Å². The molecule has 2 N–H and O–H groups in total. The summed E-state index contributed by atoms with van der Waals surface area (Å²) in [6.45, 7) is 2.24. The number of fused-ring (bicyclic) bond motifs is 5. The molecule has 7 aliphatic rings. The van der Waals surface area contributed by atoms with Crippen LogP contribution in [0.25, 0.3) is 0 Å². The molecule has 4 saturated heterocycles. The Bertz CT molecular complexity index is 1050. The predicted octanol–water partition coefficient (Wildman–Crippen LogP) is 2.92. The number of ether oxygens (including phenoxy) is 3. The van der Waals surface area contributed by atoms with Crippen LogP contribution in [-0.2, 0) is 19.0 Å². The Morgan fingerprint density at radius 3 is 2.48 bits per heavy atom. The fourth-order valence-corrected chi connectivity index (χ4v) is 10.7. The van der Waals surface area contributed by atoms with Crippen LogP contribution in [0.2, 0.25) is 0 Å². The van der Waals surface area contributed by atoms with Gasteiger partial charge in [-0.05, 0) is 101 Å². The molecule has 4 heterocycles. The zero-order valence-corrected chi connectivity index (χ0v) is 26.6. The average Bonchev–Trinajstić information content (AvgIpc) is 3.64. The van der Waals surface area contributed by atoms with Gasteiger partial charge in [-0.25, -0.2) is 9.18 Å². The summed E-state index contributed by atoms with van der Waals surface area (Å²) >= 11 is 0. The van der Waals surface area contributed by atoms with Gasteiger partial charge in [-0.3, -0.25) is 9.69 Å². The third-order valence-electron chi connectivity index (χ3n) is 13.1. The molecule has 11 heteroatoms. The van der Waals surface area contributed by atoms with Gasteiger partial charge in [-0.2, -0.15) is 0 Å². The molecular weight excluding hydrogens is 567 g/mol. The fraction of sp³-hybridized carbons (Fsp3) is 0.939. The van der Waals surface area contributed by atoms with Crippen LogP contribution in [0.3, 0.4) is 0 Å². The van der Waals surface area contributed by atoms with Crippen molar-refractivity contribution in [3.05, 3.63) is 0 Å². The molecule has 0 bridgehead atoms.